The Balaban J connectivity index is 1.96. The second kappa shape index (κ2) is 9.46. The quantitative estimate of drug-likeness (QED) is 0.800. The van der Waals surface area contributed by atoms with E-state index in [2.05, 4.69) is 10.2 Å². The van der Waals surface area contributed by atoms with Crippen LogP contribution in [0.3, 0.4) is 0 Å². The Morgan fingerprint density at radius 1 is 1.15 bits per heavy atom. The zero-order valence-electron chi connectivity index (χ0n) is 15.7. The third-order valence-electron chi connectivity index (χ3n) is 4.23. The highest BCUT2D eigenvalue weighted by atomic mass is 35.5. The van der Waals surface area contributed by atoms with Crippen LogP contribution in [0.5, 0.6) is 5.75 Å². The van der Waals surface area contributed by atoms with Crippen molar-refractivity contribution in [1.82, 2.24) is 15.1 Å². The van der Waals surface area contributed by atoms with Crippen molar-refractivity contribution >= 4 is 17.6 Å². The standard InChI is InChI=1S/C20H26ClN3O2/c1-23(2)19(16-6-5-7-18(12-16)26-4)13-22-20(25)24(3)14-15-8-10-17(21)11-9-15/h5-12,19H,13-14H2,1-4H3,(H,22,25). The second-order valence-corrected chi connectivity index (χ2v) is 6.86. The fraction of sp³-hybridized carbons (Fsp3) is 0.350. The minimum Gasteiger partial charge on any atom is -0.497 e. The summed E-state index contributed by atoms with van der Waals surface area (Å²) in [6, 6.07) is 15.3. The summed E-state index contributed by atoms with van der Waals surface area (Å²) >= 11 is 5.90. The molecule has 0 saturated carbocycles. The van der Waals surface area contributed by atoms with Gasteiger partial charge in [-0.2, -0.15) is 0 Å². The number of amides is 2. The van der Waals surface area contributed by atoms with E-state index in [-0.39, 0.29) is 12.1 Å². The van der Waals surface area contributed by atoms with Crippen molar-refractivity contribution in [1.29, 1.82) is 0 Å². The number of hydrogen-bond acceptors (Lipinski definition) is 3. The molecule has 0 saturated heterocycles. The maximum Gasteiger partial charge on any atom is 0.317 e. The fourth-order valence-corrected chi connectivity index (χ4v) is 2.83. The Bertz CT molecular complexity index is 719. The van der Waals surface area contributed by atoms with E-state index in [0.29, 0.717) is 18.1 Å². The highest BCUT2D eigenvalue weighted by molar-refractivity contribution is 6.30. The summed E-state index contributed by atoms with van der Waals surface area (Å²) in [4.78, 5) is 16.2. The van der Waals surface area contributed by atoms with Crippen LogP contribution in [0, 0.1) is 0 Å². The Kier molecular flexibility index (Phi) is 7.30. The minimum absolute atomic E-state index is 0.0537. The van der Waals surface area contributed by atoms with E-state index in [4.69, 9.17) is 16.3 Å². The number of carbonyl (C=O) groups excluding carboxylic acids is 1. The predicted octanol–water partition coefficient (Wildman–Crippen LogP) is 3.79. The Morgan fingerprint density at radius 3 is 2.46 bits per heavy atom. The first kappa shape index (κ1) is 20.1. The molecular formula is C20H26ClN3O2. The number of carbonyl (C=O) groups is 1. The molecule has 0 bridgehead atoms. The van der Waals surface area contributed by atoms with Crippen LogP contribution in [-0.4, -0.2) is 50.6 Å². The lowest BCUT2D eigenvalue weighted by Gasteiger charge is -2.27. The van der Waals surface area contributed by atoms with E-state index in [1.54, 1.807) is 19.1 Å². The molecule has 0 fully saturated rings. The highest BCUT2D eigenvalue weighted by Crippen LogP contribution is 2.22. The number of nitrogens with zero attached hydrogens (tertiary/aromatic N) is 2. The van der Waals surface area contributed by atoms with E-state index < -0.39 is 0 Å². The molecule has 0 radical (unpaired) electrons. The molecule has 2 amide bonds. The maximum atomic E-state index is 12.4. The van der Waals surface area contributed by atoms with Gasteiger partial charge < -0.3 is 19.9 Å². The third-order valence-corrected chi connectivity index (χ3v) is 4.48. The van der Waals surface area contributed by atoms with E-state index in [1.165, 1.54) is 0 Å². The van der Waals surface area contributed by atoms with Crippen LogP contribution in [0.1, 0.15) is 17.2 Å². The van der Waals surface area contributed by atoms with Crippen molar-refractivity contribution in [3.05, 3.63) is 64.7 Å². The van der Waals surface area contributed by atoms with Gasteiger partial charge in [-0.25, -0.2) is 4.79 Å². The zero-order valence-corrected chi connectivity index (χ0v) is 16.5. The van der Waals surface area contributed by atoms with Crippen molar-refractivity contribution in [2.75, 3.05) is 34.8 Å². The first-order chi connectivity index (χ1) is 12.4. The maximum absolute atomic E-state index is 12.4. The van der Waals surface area contributed by atoms with Gasteiger partial charge in [-0.05, 0) is 49.5 Å². The van der Waals surface area contributed by atoms with E-state index in [0.717, 1.165) is 16.9 Å². The molecule has 2 aromatic rings. The van der Waals surface area contributed by atoms with Gasteiger partial charge in [0.1, 0.15) is 5.75 Å². The van der Waals surface area contributed by atoms with E-state index in [9.17, 15) is 4.79 Å². The van der Waals surface area contributed by atoms with Gasteiger partial charge in [0.05, 0.1) is 13.2 Å². The number of hydrogen-bond donors (Lipinski definition) is 1. The van der Waals surface area contributed by atoms with E-state index in [1.807, 2.05) is 62.6 Å². The second-order valence-electron chi connectivity index (χ2n) is 6.42. The molecule has 0 aliphatic rings. The van der Waals surface area contributed by atoms with Crippen molar-refractivity contribution in [3.63, 3.8) is 0 Å². The Labute approximate surface area is 160 Å². The van der Waals surface area contributed by atoms with Gasteiger partial charge >= 0.3 is 6.03 Å². The fourth-order valence-electron chi connectivity index (χ4n) is 2.70. The molecule has 1 N–H and O–H groups in total. The van der Waals surface area contributed by atoms with Crippen LogP contribution in [-0.2, 0) is 6.54 Å². The number of methoxy groups -OCH3 is 1. The molecule has 6 heteroatoms. The first-order valence-electron chi connectivity index (χ1n) is 8.44. The predicted molar refractivity (Wildman–Crippen MR) is 106 cm³/mol. The molecule has 1 unspecified atom stereocenters. The SMILES string of the molecule is COc1cccc(C(CNC(=O)N(C)Cc2ccc(Cl)cc2)N(C)C)c1. The summed E-state index contributed by atoms with van der Waals surface area (Å²) in [6.07, 6.45) is 0. The molecule has 0 heterocycles. The van der Waals surface area contributed by atoms with Gasteiger partial charge in [-0.1, -0.05) is 35.9 Å². The summed E-state index contributed by atoms with van der Waals surface area (Å²) in [5.41, 5.74) is 2.12. The minimum atomic E-state index is -0.116. The molecule has 0 aliphatic heterocycles. The van der Waals surface area contributed by atoms with Crippen molar-refractivity contribution in [2.45, 2.75) is 12.6 Å². The van der Waals surface area contributed by atoms with Gasteiger partial charge in [0, 0.05) is 25.2 Å². The normalized spacial score (nSPS) is 11.9. The number of ether oxygens (including phenoxy) is 1. The van der Waals surface area contributed by atoms with Gasteiger partial charge in [0.2, 0.25) is 0 Å². The average molecular weight is 376 g/mol. The highest BCUT2D eigenvalue weighted by Gasteiger charge is 2.17. The van der Waals surface area contributed by atoms with Crippen LogP contribution >= 0.6 is 11.6 Å². The zero-order chi connectivity index (χ0) is 19.1. The molecule has 0 aliphatic carbocycles. The van der Waals surface area contributed by atoms with E-state index >= 15 is 0 Å². The molecule has 2 aromatic carbocycles. The van der Waals surface area contributed by atoms with Gasteiger partial charge in [-0.3, -0.25) is 0 Å². The Morgan fingerprint density at radius 2 is 1.85 bits per heavy atom. The van der Waals surface area contributed by atoms with Crippen molar-refractivity contribution < 1.29 is 9.53 Å². The monoisotopic (exact) mass is 375 g/mol. The Hall–Kier alpha value is -2.24. The number of likely N-dealkylation sites (N-methyl/N-ethyl adjacent to an activating group) is 1. The average Bonchev–Trinajstić information content (AvgIpc) is 2.63. The summed E-state index contributed by atoms with van der Waals surface area (Å²) in [6.45, 7) is 1.03. The molecule has 140 valence electrons. The van der Waals surface area contributed by atoms with Crippen LogP contribution in [0.25, 0.3) is 0 Å². The third kappa shape index (κ3) is 5.64. The topological polar surface area (TPSA) is 44.8 Å². The van der Waals surface area contributed by atoms with Gasteiger partial charge in [0.15, 0.2) is 0 Å². The van der Waals surface area contributed by atoms with Crippen LogP contribution in [0.2, 0.25) is 5.02 Å². The molecule has 2 rings (SSSR count). The van der Waals surface area contributed by atoms with Crippen LogP contribution < -0.4 is 10.1 Å². The van der Waals surface area contributed by atoms with Crippen molar-refractivity contribution in [3.8, 4) is 5.75 Å². The van der Waals surface area contributed by atoms with Crippen LogP contribution in [0.15, 0.2) is 48.5 Å². The number of urea groups is 1. The largest absolute Gasteiger partial charge is 0.497 e. The van der Waals surface area contributed by atoms with Crippen LogP contribution in [0.4, 0.5) is 4.79 Å². The first-order valence-corrected chi connectivity index (χ1v) is 8.82. The summed E-state index contributed by atoms with van der Waals surface area (Å²) < 4.78 is 5.30. The molecule has 0 spiro atoms. The smallest absolute Gasteiger partial charge is 0.317 e. The number of benzene rings is 2. The summed E-state index contributed by atoms with van der Waals surface area (Å²) in [5.74, 6) is 0.806. The van der Waals surface area contributed by atoms with Gasteiger partial charge in [0.25, 0.3) is 0 Å². The molecular weight excluding hydrogens is 350 g/mol. The molecule has 1 atom stereocenters. The van der Waals surface area contributed by atoms with Gasteiger partial charge in [-0.15, -0.1) is 0 Å². The summed E-state index contributed by atoms with van der Waals surface area (Å²) in [7, 11) is 7.42. The number of halogens is 1. The lowest BCUT2D eigenvalue weighted by molar-refractivity contribution is 0.200. The lowest BCUT2D eigenvalue weighted by atomic mass is 10.1. The summed E-state index contributed by atoms with van der Waals surface area (Å²) in [5, 5.41) is 3.70. The number of nitrogens with one attached hydrogen (secondary N) is 1. The number of rotatable bonds is 7. The molecule has 26 heavy (non-hydrogen) atoms. The molecule has 5 nitrogen and oxygen atoms in total. The lowest BCUT2D eigenvalue weighted by Crippen LogP contribution is -2.41. The van der Waals surface area contributed by atoms with Crippen molar-refractivity contribution in [2.24, 2.45) is 0 Å². The molecule has 0 aromatic heterocycles.